The van der Waals surface area contributed by atoms with Crippen LogP contribution in [0.1, 0.15) is 19.4 Å². The Hall–Kier alpha value is -3.92. The van der Waals surface area contributed by atoms with Crippen LogP contribution in [-0.4, -0.2) is 32.0 Å². The van der Waals surface area contributed by atoms with Crippen LogP contribution in [-0.2, 0) is 4.74 Å². The second kappa shape index (κ2) is 10.1. The molecule has 0 amide bonds. The van der Waals surface area contributed by atoms with E-state index in [0.29, 0.717) is 18.6 Å². The lowest BCUT2D eigenvalue weighted by molar-refractivity contribution is -0.236. The van der Waals surface area contributed by atoms with Crippen molar-refractivity contribution in [2.45, 2.75) is 31.8 Å². The normalized spacial score (nSPS) is 20.7. The zero-order chi connectivity index (χ0) is 26.6. The molecule has 0 bridgehead atoms. The first-order valence-electron chi connectivity index (χ1n) is 10.0. The lowest BCUT2D eigenvalue weighted by atomic mass is 9.92. The molecule has 1 aromatic carbocycles. The summed E-state index contributed by atoms with van der Waals surface area (Å²) >= 11 is 0. The first-order chi connectivity index (χ1) is 16.2. The molecule has 1 aliphatic heterocycles. The van der Waals surface area contributed by atoms with Crippen LogP contribution in [0, 0.1) is 13.1 Å². The predicted molar refractivity (Wildman–Crippen MR) is 122 cm³/mol. The van der Waals surface area contributed by atoms with E-state index in [1.807, 2.05) is 31.1 Å². The average molecular weight is 493 g/mol. The molecule has 4 nitrogen and oxygen atoms in total. The molecule has 0 spiro atoms. The Labute approximate surface area is 199 Å². The Morgan fingerprint density at radius 3 is 2.09 bits per heavy atom. The van der Waals surface area contributed by atoms with Gasteiger partial charge in [0.2, 0.25) is 11.3 Å². The fourth-order valence-electron chi connectivity index (χ4n) is 3.07. The second-order valence-corrected chi connectivity index (χ2v) is 7.84. The molecule has 0 aliphatic carbocycles. The quantitative estimate of drug-likeness (QED) is 0.241. The zero-order valence-corrected chi connectivity index (χ0v) is 19.2. The Balaban J connectivity index is 2.56. The first-order valence-corrected chi connectivity index (χ1v) is 10.0. The maximum Gasteiger partial charge on any atom is 0.430 e. The van der Waals surface area contributed by atoms with E-state index in [0.717, 1.165) is 18.7 Å². The van der Waals surface area contributed by atoms with Crippen LogP contribution in [0.2, 0.25) is 0 Å². The summed E-state index contributed by atoms with van der Waals surface area (Å²) in [5.41, 5.74) is -5.19. The van der Waals surface area contributed by atoms with E-state index in [4.69, 9.17) is 17.9 Å². The van der Waals surface area contributed by atoms with E-state index < -0.39 is 40.6 Å². The summed E-state index contributed by atoms with van der Waals surface area (Å²) < 4.78 is 87.6. The molecule has 1 heterocycles. The van der Waals surface area contributed by atoms with Crippen LogP contribution in [0.3, 0.4) is 0 Å². The molecule has 0 saturated heterocycles. The fourth-order valence-corrected chi connectivity index (χ4v) is 3.07. The predicted octanol–water partition coefficient (Wildman–Crippen LogP) is 7.49. The highest BCUT2D eigenvalue weighted by molar-refractivity contribution is 5.58. The Morgan fingerprint density at radius 2 is 1.63 bits per heavy atom. The number of halogens is 6. The molecule has 1 unspecified atom stereocenters. The highest BCUT2D eigenvalue weighted by Gasteiger charge is 2.60. The maximum absolute atomic E-state index is 13.9. The van der Waals surface area contributed by atoms with Gasteiger partial charge in [-0.25, -0.2) is 9.69 Å². The average Bonchev–Trinajstić information content (AvgIpc) is 3.07. The van der Waals surface area contributed by atoms with E-state index in [1.54, 1.807) is 12.1 Å². The molecule has 0 aromatic heterocycles. The molecule has 0 fully saturated rings. The van der Waals surface area contributed by atoms with Gasteiger partial charge in [-0.3, -0.25) is 0 Å². The van der Waals surface area contributed by atoms with Crippen molar-refractivity contribution in [2.75, 3.05) is 19.0 Å². The Bertz CT molecular complexity index is 1200. The van der Waals surface area contributed by atoms with Gasteiger partial charge in [0.1, 0.15) is 5.76 Å². The molecular weight excluding hydrogens is 472 g/mol. The van der Waals surface area contributed by atoms with Crippen molar-refractivity contribution in [3.8, 4) is 0 Å². The molecule has 0 saturated carbocycles. The zero-order valence-electron chi connectivity index (χ0n) is 19.2. The minimum absolute atomic E-state index is 0.251. The third kappa shape index (κ3) is 5.96. The second-order valence-electron chi connectivity index (χ2n) is 7.84. The maximum atomic E-state index is 13.9. The molecule has 0 N–H and O–H groups in total. The fraction of sp³-hybridized carbons (Fsp3) is 0.280. The largest absolute Gasteiger partial charge is 0.497 e. The number of allylic oxidation sites excluding steroid dienone is 5. The van der Waals surface area contributed by atoms with Crippen molar-refractivity contribution in [1.29, 1.82) is 0 Å². The smallest absolute Gasteiger partial charge is 0.430 e. The van der Waals surface area contributed by atoms with Gasteiger partial charge in [0.15, 0.2) is 5.70 Å². The number of ether oxygens (including phenoxy) is 1. The van der Waals surface area contributed by atoms with Crippen molar-refractivity contribution in [3.63, 3.8) is 0 Å². The topological polar surface area (TPSA) is 21.2 Å². The highest BCUT2D eigenvalue weighted by Crippen LogP contribution is 2.50. The third-order valence-electron chi connectivity index (χ3n) is 5.15. The highest BCUT2D eigenvalue weighted by atomic mass is 19.4. The minimum Gasteiger partial charge on any atom is -0.497 e. The molecule has 1 aliphatic rings. The van der Waals surface area contributed by atoms with Crippen LogP contribution in [0.25, 0.3) is 15.8 Å². The minimum atomic E-state index is -5.15. The monoisotopic (exact) mass is 493 g/mol. The number of rotatable bonds is 5. The van der Waals surface area contributed by atoms with Crippen molar-refractivity contribution >= 4 is 11.8 Å². The number of hydrogen-bond donors (Lipinski definition) is 0. The van der Waals surface area contributed by atoms with Gasteiger partial charge in [-0.15, -0.1) is 0 Å². The summed E-state index contributed by atoms with van der Waals surface area (Å²) in [7, 11) is 3.71. The molecule has 2 rings (SSSR count). The van der Waals surface area contributed by atoms with Gasteiger partial charge in [0.05, 0.1) is 18.7 Å². The van der Waals surface area contributed by atoms with E-state index in [9.17, 15) is 26.3 Å². The van der Waals surface area contributed by atoms with E-state index in [2.05, 4.69) is 9.69 Å². The van der Waals surface area contributed by atoms with Crippen LogP contribution >= 0.6 is 0 Å². The standard InChI is InChI=1S/C25H21F6N3O/c1-16(32-3)22-21(33-4)20(23(2,35-22)25(29,30)31)15-18(24(26,27)28)10-8-7-9-17-11-13-19(14-12-17)34(5)6/h7-15H,1-2,5-6H3/b9-7+,10-8+,18-15-,22-16+. The van der Waals surface area contributed by atoms with Crippen molar-refractivity contribution < 1.29 is 31.1 Å². The lowest BCUT2D eigenvalue weighted by Crippen LogP contribution is -2.43. The Morgan fingerprint density at radius 1 is 1.03 bits per heavy atom. The van der Waals surface area contributed by atoms with Crippen molar-refractivity contribution in [1.82, 2.24) is 0 Å². The van der Waals surface area contributed by atoms with Gasteiger partial charge in [0, 0.05) is 25.4 Å². The number of nitrogens with zero attached hydrogens (tertiary/aromatic N) is 3. The number of benzene rings is 1. The molecule has 1 atom stereocenters. The molecule has 35 heavy (non-hydrogen) atoms. The Kier molecular flexibility index (Phi) is 7.92. The van der Waals surface area contributed by atoms with Crippen molar-refractivity contribution in [2.24, 2.45) is 0 Å². The van der Waals surface area contributed by atoms with Gasteiger partial charge >= 0.3 is 12.4 Å². The summed E-state index contributed by atoms with van der Waals surface area (Å²) in [6.07, 6.45) is -5.42. The SMILES string of the molecule is [C-]#[N+]C1=C(/C=C(/C=C/C=C/c2ccc(N(C)C)cc2)C(F)(F)F)C(C)(C(F)(F)F)O/C1=C(\C)[N+]#[C-]. The van der Waals surface area contributed by atoms with Crippen LogP contribution in [0.4, 0.5) is 32.0 Å². The van der Waals surface area contributed by atoms with Gasteiger partial charge in [-0.2, -0.15) is 26.3 Å². The molecular formula is C25H21F6N3O. The van der Waals surface area contributed by atoms with Gasteiger partial charge in [0.25, 0.3) is 0 Å². The summed E-state index contributed by atoms with van der Waals surface area (Å²) in [6.45, 7) is 15.9. The van der Waals surface area contributed by atoms with Crippen LogP contribution in [0.15, 0.2) is 76.9 Å². The van der Waals surface area contributed by atoms with E-state index in [-0.39, 0.29) is 11.8 Å². The lowest BCUT2D eigenvalue weighted by Gasteiger charge is -2.30. The number of alkyl halides is 6. The summed E-state index contributed by atoms with van der Waals surface area (Å²) in [6, 6.07) is 7.14. The van der Waals surface area contributed by atoms with Gasteiger partial charge < -0.3 is 9.64 Å². The summed E-state index contributed by atoms with van der Waals surface area (Å²) in [5, 5.41) is 0. The molecule has 1 aromatic rings. The van der Waals surface area contributed by atoms with E-state index in [1.165, 1.54) is 12.2 Å². The summed E-state index contributed by atoms with van der Waals surface area (Å²) in [4.78, 5) is 7.82. The third-order valence-corrected chi connectivity index (χ3v) is 5.15. The van der Waals surface area contributed by atoms with E-state index >= 15 is 0 Å². The van der Waals surface area contributed by atoms with Gasteiger partial charge in [-0.1, -0.05) is 42.5 Å². The van der Waals surface area contributed by atoms with Crippen LogP contribution in [0.5, 0.6) is 0 Å². The first kappa shape index (κ1) is 27.3. The molecule has 10 heteroatoms. The molecule has 0 radical (unpaired) electrons. The number of anilines is 1. The summed E-state index contributed by atoms with van der Waals surface area (Å²) in [5.74, 6) is -0.687. The van der Waals surface area contributed by atoms with Crippen LogP contribution < -0.4 is 4.90 Å². The molecule has 184 valence electrons. The van der Waals surface area contributed by atoms with Gasteiger partial charge in [-0.05, 0) is 31.5 Å². The number of hydrogen-bond acceptors (Lipinski definition) is 2. The van der Waals surface area contributed by atoms with Crippen molar-refractivity contribution in [3.05, 3.63) is 105 Å².